The summed E-state index contributed by atoms with van der Waals surface area (Å²) in [5.41, 5.74) is 10.8. The van der Waals surface area contributed by atoms with Crippen LogP contribution in [0, 0.1) is 6.92 Å². The number of fused-ring (bicyclic) bond motifs is 1. The van der Waals surface area contributed by atoms with Crippen molar-refractivity contribution in [3.63, 3.8) is 0 Å². The second-order valence-corrected chi connectivity index (χ2v) is 6.41. The fourth-order valence-electron chi connectivity index (χ4n) is 2.64. The average molecular weight is 353 g/mol. The van der Waals surface area contributed by atoms with Crippen molar-refractivity contribution < 1.29 is 4.74 Å². The number of nitrogens with two attached hydrogens (primary N) is 1. The molecule has 1 atom stereocenters. The molecule has 3 rings (SSSR count). The molecular weight excluding hydrogens is 338 g/mol. The summed E-state index contributed by atoms with van der Waals surface area (Å²) >= 11 is 9.71. The third-order valence-electron chi connectivity index (χ3n) is 3.69. The van der Waals surface area contributed by atoms with Crippen LogP contribution in [0.25, 0.3) is 0 Å². The third kappa shape index (κ3) is 2.46. The van der Waals surface area contributed by atoms with Crippen molar-refractivity contribution in [3.8, 4) is 5.75 Å². The van der Waals surface area contributed by atoms with Crippen LogP contribution < -0.4 is 10.5 Å². The van der Waals surface area contributed by atoms with E-state index < -0.39 is 0 Å². The molecule has 0 saturated heterocycles. The molecule has 1 heterocycles. The van der Waals surface area contributed by atoms with Crippen LogP contribution in [0.5, 0.6) is 5.75 Å². The first-order valence-corrected chi connectivity index (χ1v) is 7.70. The van der Waals surface area contributed by atoms with E-state index in [2.05, 4.69) is 35.0 Å². The van der Waals surface area contributed by atoms with E-state index in [1.165, 1.54) is 0 Å². The SMILES string of the molecule is Cc1ccc(Br)cc1C(N)c1cc(Cl)cc2c1OCC2. The van der Waals surface area contributed by atoms with Gasteiger partial charge in [-0.05, 0) is 47.9 Å². The number of rotatable bonds is 2. The zero-order chi connectivity index (χ0) is 14.3. The minimum Gasteiger partial charge on any atom is -0.493 e. The lowest BCUT2D eigenvalue weighted by Crippen LogP contribution is -2.14. The van der Waals surface area contributed by atoms with Crippen molar-refractivity contribution in [2.45, 2.75) is 19.4 Å². The van der Waals surface area contributed by atoms with Gasteiger partial charge in [0.2, 0.25) is 0 Å². The van der Waals surface area contributed by atoms with Gasteiger partial charge in [-0.15, -0.1) is 0 Å². The van der Waals surface area contributed by atoms with Crippen LogP contribution in [0.3, 0.4) is 0 Å². The van der Waals surface area contributed by atoms with Crippen molar-refractivity contribution in [2.24, 2.45) is 5.73 Å². The van der Waals surface area contributed by atoms with E-state index in [4.69, 9.17) is 22.1 Å². The molecule has 0 aromatic heterocycles. The molecule has 20 heavy (non-hydrogen) atoms. The number of ether oxygens (including phenoxy) is 1. The van der Waals surface area contributed by atoms with Crippen molar-refractivity contribution in [1.82, 2.24) is 0 Å². The standard InChI is InChI=1S/C16H15BrClNO/c1-9-2-3-11(17)7-13(9)15(19)14-8-12(18)6-10-4-5-20-16(10)14/h2-3,6-8,15H,4-5,19H2,1H3. The number of hydrogen-bond acceptors (Lipinski definition) is 2. The molecule has 0 fully saturated rings. The van der Waals surface area contributed by atoms with Crippen molar-refractivity contribution in [2.75, 3.05) is 6.61 Å². The van der Waals surface area contributed by atoms with Gasteiger partial charge in [0.1, 0.15) is 5.75 Å². The molecule has 2 N–H and O–H groups in total. The highest BCUT2D eigenvalue weighted by molar-refractivity contribution is 9.10. The molecule has 2 nitrogen and oxygen atoms in total. The Morgan fingerprint density at radius 1 is 1.25 bits per heavy atom. The van der Waals surface area contributed by atoms with Gasteiger partial charge in [0.15, 0.2) is 0 Å². The highest BCUT2D eigenvalue weighted by Gasteiger charge is 2.23. The van der Waals surface area contributed by atoms with Gasteiger partial charge in [0.25, 0.3) is 0 Å². The minimum atomic E-state index is -0.238. The van der Waals surface area contributed by atoms with Gasteiger partial charge in [-0.3, -0.25) is 0 Å². The molecule has 2 aromatic rings. The molecule has 0 aliphatic carbocycles. The zero-order valence-electron chi connectivity index (χ0n) is 11.1. The Balaban J connectivity index is 2.11. The molecule has 104 valence electrons. The van der Waals surface area contributed by atoms with E-state index in [-0.39, 0.29) is 6.04 Å². The van der Waals surface area contributed by atoms with E-state index >= 15 is 0 Å². The van der Waals surface area contributed by atoms with Crippen LogP contribution in [-0.2, 0) is 6.42 Å². The van der Waals surface area contributed by atoms with Gasteiger partial charge in [-0.25, -0.2) is 0 Å². The van der Waals surface area contributed by atoms with Gasteiger partial charge >= 0.3 is 0 Å². The molecule has 1 aliphatic heterocycles. The van der Waals surface area contributed by atoms with Crippen LogP contribution in [0.15, 0.2) is 34.8 Å². The van der Waals surface area contributed by atoms with E-state index in [1.807, 2.05) is 18.2 Å². The van der Waals surface area contributed by atoms with Crippen LogP contribution in [0.2, 0.25) is 5.02 Å². The topological polar surface area (TPSA) is 35.2 Å². The number of benzene rings is 2. The molecule has 0 amide bonds. The second kappa shape index (κ2) is 5.40. The summed E-state index contributed by atoms with van der Waals surface area (Å²) < 4.78 is 6.77. The molecule has 0 saturated carbocycles. The Morgan fingerprint density at radius 2 is 2.05 bits per heavy atom. The maximum absolute atomic E-state index is 6.47. The molecule has 0 bridgehead atoms. The first kappa shape index (κ1) is 13.9. The lowest BCUT2D eigenvalue weighted by molar-refractivity contribution is 0.352. The summed E-state index contributed by atoms with van der Waals surface area (Å²) in [5.74, 6) is 0.904. The summed E-state index contributed by atoms with van der Waals surface area (Å²) in [5, 5.41) is 0.715. The maximum Gasteiger partial charge on any atom is 0.127 e. The highest BCUT2D eigenvalue weighted by atomic mass is 79.9. The summed E-state index contributed by atoms with van der Waals surface area (Å²) in [6.45, 7) is 2.76. The first-order chi connectivity index (χ1) is 9.56. The smallest absolute Gasteiger partial charge is 0.127 e. The monoisotopic (exact) mass is 351 g/mol. The van der Waals surface area contributed by atoms with Crippen LogP contribution in [-0.4, -0.2) is 6.61 Å². The van der Waals surface area contributed by atoms with Gasteiger partial charge in [0, 0.05) is 21.5 Å². The van der Waals surface area contributed by atoms with E-state index in [0.717, 1.165) is 38.9 Å². The van der Waals surface area contributed by atoms with E-state index in [0.29, 0.717) is 11.6 Å². The Labute approximate surface area is 132 Å². The lowest BCUT2D eigenvalue weighted by atomic mass is 9.94. The molecular formula is C16H15BrClNO. The van der Waals surface area contributed by atoms with Gasteiger partial charge < -0.3 is 10.5 Å². The number of aryl methyl sites for hydroxylation is 1. The minimum absolute atomic E-state index is 0.238. The summed E-state index contributed by atoms with van der Waals surface area (Å²) in [6, 6.07) is 9.78. The summed E-state index contributed by atoms with van der Waals surface area (Å²) in [6.07, 6.45) is 0.896. The van der Waals surface area contributed by atoms with Crippen molar-refractivity contribution in [3.05, 3.63) is 62.1 Å². The maximum atomic E-state index is 6.47. The summed E-state index contributed by atoms with van der Waals surface area (Å²) in [4.78, 5) is 0. The number of halogens is 2. The highest BCUT2D eigenvalue weighted by Crippen LogP contribution is 2.38. The van der Waals surface area contributed by atoms with Crippen molar-refractivity contribution >= 4 is 27.5 Å². The Morgan fingerprint density at radius 3 is 2.85 bits per heavy atom. The second-order valence-electron chi connectivity index (χ2n) is 5.06. The van der Waals surface area contributed by atoms with Crippen molar-refractivity contribution in [1.29, 1.82) is 0 Å². The van der Waals surface area contributed by atoms with Gasteiger partial charge in [-0.1, -0.05) is 33.6 Å². The first-order valence-electron chi connectivity index (χ1n) is 6.53. The lowest BCUT2D eigenvalue weighted by Gasteiger charge is -2.18. The fourth-order valence-corrected chi connectivity index (χ4v) is 3.27. The van der Waals surface area contributed by atoms with E-state index in [9.17, 15) is 0 Å². The predicted octanol–water partition coefficient (Wildman–Crippen LogP) is 4.39. The van der Waals surface area contributed by atoms with Gasteiger partial charge in [0.05, 0.1) is 12.6 Å². The molecule has 1 aliphatic rings. The van der Waals surface area contributed by atoms with Gasteiger partial charge in [-0.2, -0.15) is 0 Å². The molecule has 1 unspecified atom stereocenters. The molecule has 2 aromatic carbocycles. The van der Waals surface area contributed by atoms with Crippen LogP contribution >= 0.6 is 27.5 Å². The molecule has 4 heteroatoms. The number of hydrogen-bond donors (Lipinski definition) is 1. The van der Waals surface area contributed by atoms with Crippen LogP contribution in [0.1, 0.15) is 28.3 Å². The Hall–Kier alpha value is -1.03. The zero-order valence-corrected chi connectivity index (χ0v) is 13.5. The summed E-state index contributed by atoms with van der Waals surface area (Å²) in [7, 11) is 0. The largest absolute Gasteiger partial charge is 0.493 e. The quantitative estimate of drug-likeness (QED) is 0.870. The average Bonchev–Trinajstić information content (AvgIpc) is 2.87. The Bertz CT molecular complexity index is 672. The van der Waals surface area contributed by atoms with Crippen LogP contribution in [0.4, 0.5) is 0 Å². The van der Waals surface area contributed by atoms with E-state index in [1.54, 1.807) is 0 Å². The normalized spacial score (nSPS) is 14.8. The molecule has 0 spiro atoms. The molecule has 0 radical (unpaired) electrons. The third-order valence-corrected chi connectivity index (χ3v) is 4.40. The Kier molecular flexibility index (Phi) is 3.76. The predicted molar refractivity (Wildman–Crippen MR) is 85.6 cm³/mol. The fraction of sp³-hybridized carbons (Fsp3) is 0.250.